The molecule has 7 nitrogen and oxygen atoms in total. The van der Waals surface area contributed by atoms with Gasteiger partial charge in [-0.3, -0.25) is 4.79 Å². The molecule has 0 aromatic carbocycles. The van der Waals surface area contributed by atoms with Crippen LogP contribution < -0.4 is 5.32 Å². The highest BCUT2D eigenvalue weighted by Gasteiger charge is 2.20. The van der Waals surface area contributed by atoms with E-state index in [1.54, 1.807) is 12.1 Å². The van der Waals surface area contributed by atoms with Gasteiger partial charge in [0.2, 0.25) is 5.91 Å². The molecule has 1 amide bonds. The second-order valence-electron chi connectivity index (χ2n) is 4.32. The maximum atomic E-state index is 11.7. The number of carbonyl (C=O) groups excluding carboxylic acids is 1. The van der Waals surface area contributed by atoms with Crippen LogP contribution >= 0.6 is 0 Å². The van der Waals surface area contributed by atoms with Crippen LogP contribution in [-0.2, 0) is 22.4 Å². The first-order valence-electron chi connectivity index (χ1n) is 6.17. The molecule has 0 bridgehead atoms. The number of nitrogens with one attached hydrogen (secondary N) is 2. The van der Waals surface area contributed by atoms with Gasteiger partial charge in [-0.1, -0.05) is 0 Å². The van der Waals surface area contributed by atoms with E-state index in [0.29, 0.717) is 17.9 Å². The van der Waals surface area contributed by atoms with Gasteiger partial charge in [0.1, 0.15) is 11.8 Å². The average Bonchev–Trinajstić information content (AvgIpc) is 3.08. The molecule has 1 atom stereocenters. The number of carboxylic acids is 1. The van der Waals surface area contributed by atoms with Crippen LogP contribution in [0, 0.1) is 0 Å². The molecule has 0 spiro atoms. The van der Waals surface area contributed by atoms with Gasteiger partial charge >= 0.3 is 5.97 Å². The van der Waals surface area contributed by atoms with Crippen molar-refractivity contribution in [1.29, 1.82) is 0 Å². The van der Waals surface area contributed by atoms with Crippen molar-refractivity contribution in [2.24, 2.45) is 0 Å². The zero-order valence-electron chi connectivity index (χ0n) is 10.7. The van der Waals surface area contributed by atoms with Crippen LogP contribution in [-0.4, -0.2) is 33.0 Å². The van der Waals surface area contributed by atoms with Crippen molar-refractivity contribution in [1.82, 2.24) is 15.3 Å². The summed E-state index contributed by atoms with van der Waals surface area (Å²) in [6.45, 7) is 0. The number of aliphatic carboxylic acids is 1. The number of aryl methyl sites for hydroxylation is 1. The van der Waals surface area contributed by atoms with Gasteiger partial charge in [0.25, 0.3) is 0 Å². The van der Waals surface area contributed by atoms with E-state index in [2.05, 4.69) is 15.3 Å². The summed E-state index contributed by atoms with van der Waals surface area (Å²) in [5, 5.41) is 11.6. The number of carbonyl (C=O) groups is 2. The number of nitrogens with zero attached hydrogens (tertiary/aromatic N) is 1. The normalized spacial score (nSPS) is 12.0. The predicted octanol–water partition coefficient (Wildman–Crippen LogP) is 0.747. The third-order valence-corrected chi connectivity index (χ3v) is 2.79. The van der Waals surface area contributed by atoms with Crippen LogP contribution in [0.2, 0.25) is 0 Å². The Balaban J connectivity index is 1.84. The molecule has 2 rings (SSSR count). The van der Waals surface area contributed by atoms with Crippen molar-refractivity contribution in [3.05, 3.63) is 42.4 Å². The number of imidazole rings is 1. The maximum absolute atomic E-state index is 11.7. The topological polar surface area (TPSA) is 108 Å². The van der Waals surface area contributed by atoms with Crippen LogP contribution in [0.15, 0.2) is 35.3 Å². The van der Waals surface area contributed by atoms with Gasteiger partial charge in [0.15, 0.2) is 0 Å². The first-order chi connectivity index (χ1) is 9.65. The third-order valence-electron chi connectivity index (χ3n) is 2.79. The van der Waals surface area contributed by atoms with Crippen LogP contribution in [0.1, 0.15) is 17.9 Å². The molecular weight excluding hydrogens is 262 g/mol. The Bertz CT molecular complexity index is 548. The van der Waals surface area contributed by atoms with Gasteiger partial charge in [0, 0.05) is 31.2 Å². The standard InChI is InChI=1S/C13H15N3O4/c17-12(4-3-10-2-1-5-20-10)16-11(13(18)19)6-9-7-14-8-15-9/h1-2,5,7-8,11H,3-4,6H2,(H,14,15)(H,16,17)(H,18,19)/t11-/m1/s1. The number of rotatable bonds is 7. The molecule has 2 heterocycles. The number of hydrogen-bond acceptors (Lipinski definition) is 4. The SMILES string of the molecule is O=C(CCc1ccco1)N[C@H](Cc1cnc[nH]1)C(=O)O. The van der Waals surface area contributed by atoms with Gasteiger partial charge in [0.05, 0.1) is 12.6 Å². The van der Waals surface area contributed by atoms with Gasteiger partial charge in [-0.2, -0.15) is 0 Å². The fourth-order valence-corrected chi connectivity index (χ4v) is 1.77. The predicted molar refractivity (Wildman–Crippen MR) is 68.9 cm³/mol. The molecule has 0 aliphatic heterocycles. The van der Waals surface area contributed by atoms with Crippen molar-refractivity contribution < 1.29 is 19.1 Å². The van der Waals surface area contributed by atoms with E-state index < -0.39 is 12.0 Å². The van der Waals surface area contributed by atoms with Crippen LogP contribution in [0.3, 0.4) is 0 Å². The summed E-state index contributed by atoms with van der Waals surface area (Å²) in [4.78, 5) is 29.5. The van der Waals surface area contributed by atoms with Crippen molar-refractivity contribution in [3.63, 3.8) is 0 Å². The fraction of sp³-hybridized carbons (Fsp3) is 0.308. The largest absolute Gasteiger partial charge is 0.480 e. The highest BCUT2D eigenvalue weighted by atomic mass is 16.4. The van der Waals surface area contributed by atoms with Gasteiger partial charge < -0.3 is 19.8 Å². The Morgan fingerprint density at radius 3 is 2.95 bits per heavy atom. The van der Waals surface area contributed by atoms with Crippen molar-refractivity contribution in [3.8, 4) is 0 Å². The quantitative estimate of drug-likeness (QED) is 0.692. The molecule has 3 N–H and O–H groups in total. The first-order valence-corrected chi connectivity index (χ1v) is 6.17. The summed E-state index contributed by atoms with van der Waals surface area (Å²) < 4.78 is 5.11. The summed E-state index contributed by atoms with van der Waals surface area (Å²) in [6.07, 6.45) is 5.32. The number of aromatic nitrogens is 2. The highest BCUT2D eigenvalue weighted by molar-refractivity contribution is 5.83. The second kappa shape index (κ2) is 6.55. The molecule has 0 unspecified atom stereocenters. The van der Waals surface area contributed by atoms with E-state index in [0.717, 1.165) is 0 Å². The third kappa shape index (κ3) is 3.98. The second-order valence-corrected chi connectivity index (χ2v) is 4.32. The van der Waals surface area contributed by atoms with Crippen molar-refractivity contribution in [2.75, 3.05) is 0 Å². The molecule has 0 aliphatic carbocycles. The zero-order valence-corrected chi connectivity index (χ0v) is 10.7. The minimum atomic E-state index is -1.08. The van der Waals surface area contributed by atoms with Gasteiger partial charge in [-0.05, 0) is 12.1 Å². The molecule has 20 heavy (non-hydrogen) atoms. The Kier molecular flexibility index (Phi) is 4.54. The summed E-state index contributed by atoms with van der Waals surface area (Å²) >= 11 is 0. The zero-order chi connectivity index (χ0) is 14.4. The number of hydrogen-bond donors (Lipinski definition) is 3. The van der Waals surface area contributed by atoms with Crippen LogP contribution in [0.4, 0.5) is 0 Å². The maximum Gasteiger partial charge on any atom is 0.326 e. The van der Waals surface area contributed by atoms with E-state index in [-0.39, 0.29) is 18.7 Å². The number of aromatic amines is 1. The summed E-state index contributed by atoms with van der Waals surface area (Å²) in [7, 11) is 0. The monoisotopic (exact) mass is 277 g/mol. The smallest absolute Gasteiger partial charge is 0.326 e. The van der Waals surface area contributed by atoms with E-state index in [4.69, 9.17) is 9.52 Å². The Hall–Kier alpha value is -2.57. The lowest BCUT2D eigenvalue weighted by molar-refractivity contribution is -0.141. The van der Waals surface area contributed by atoms with E-state index in [1.807, 2.05) is 0 Å². The Morgan fingerprint density at radius 2 is 2.35 bits per heavy atom. The van der Waals surface area contributed by atoms with Gasteiger partial charge in [-0.15, -0.1) is 0 Å². The molecule has 0 saturated heterocycles. The van der Waals surface area contributed by atoms with E-state index in [9.17, 15) is 9.59 Å². The molecule has 0 saturated carbocycles. The molecule has 2 aromatic rings. The minimum absolute atomic E-state index is 0.168. The number of amides is 1. The lowest BCUT2D eigenvalue weighted by atomic mass is 10.1. The molecule has 0 aliphatic rings. The summed E-state index contributed by atoms with van der Waals surface area (Å²) in [5.74, 6) is -0.708. The first kappa shape index (κ1) is 13.9. The molecule has 0 fully saturated rings. The molecule has 106 valence electrons. The average molecular weight is 277 g/mol. The number of furan rings is 1. The highest BCUT2D eigenvalue weighted by Crippen LogP contribution is 2.04. The lowest BCUT2D eigenvalue weighted by Crippen LogP contribution is -2.42. The van der Waals surface area contributed by atoms with Crippen molar-refractivity contribution >= 4 is 11.9 Å². The van der Waals surface area contributed by atoms with E-state index in [1.165, 1.54) is 18.8 Å². The molecule has 7 heteroatoms. The molecular formula is C13H15N3O4. The molecule has 2 aromatic heterocycles. The summed E-state index contributed by atoms with van der Waals surface area (Å²) in [6, 6.07) is 2.54. The van der Waals surface area contributed by atoms with E-state index >= 15 is 0 Å². The fourth-order valence-electron chi connectivity index (χ4n) is 1.77. The number of H-pyrrole nitrogens is 1. The van der Waals surface area contributed by atoms with Crippen LogP contribution in [0.25, 0.3) is 0 Å². The van der Waals surface area contributed by atoms with Crippen molar-refractivity contribution in [2.45, 2.75) is 25.3 Å². The summed E-state index contributed by atoms with van der Waals surface area (Å²) in [5.41, 5.74) is 0.656. The number of carboxylic acid groups (broad SMARTS) is 1. The minimum Gasteiger partial charge on any atom is -0.480 e. The molecule has 0 radical (unpaired) electrons. The Morgan fingerprint density at radius 1 is 1.50 bits per heavy atom. The lowest BCUT2D eigenvalue weighted by Gasteiger charge is -2.13. The van der Waals surface area contributed by atoms with Crippen LogP contribution in [0.5, 0.6) is 0 Å². The van der Waals surface area contributed by atoms with Gasteiger partial charge in [-0.25, -0.2) is 9.78 Å². The Labute approximate surface area is 115 Å².